The Morgan fingerprint density at radius 2 is 2.32 bits per heavy atom. The van der Waals surface area contributed by atoms with Crippen molar-refractivity contribution in [2.45, 2.75) is 38.8 Å². The predicted octanol–water partition coefficient (Wildman–Crippen LogP) is 3.45. The summed E-state index contributed by atoms with van der Waals surface area (Å²) in [4.78, 5) is 20.4. The van der Waals surface area contributed by atoms with Gasteiger partial charge in [-0.1, -0.05) is 6.07 Å². The quantitative estimate of drug-likeness (QED) is 0.940. The first-order chi connectivity index (χ1) is 10.8. The molecule has 1 N–H and O–H groups in total. The molecule has 2 aromatic heterocycles. The predicted molar refractivity (Wildman–Crippen MR) is 90.4 cm³/mol. The Hall–Kier alpha value is -1.88. The van der Waals surface area contributed by atoms with Gasteiger partial charge in [0.1, 0.15) is 5.82 Å². The largest absolute Gasteiger partial charge is 0.353 e. The number of pyridine rings is 1. The Labute approximate surface area is 135 Å². The van der Waals surface area contributed by atoms with Crippen LogP contribution in [0, 0.1) is 0 Å². The number of thiophene rings is 1. The van der Waals surface area contributed by atoms with Gasteiger partial charge in [0, 0.05) is 23.7 Å². The lowest BCUT2D eigenvalue weighted by Gasteiger charge is -2.35. The van der Waals surface area contributed by atoms with Crippen molar-refractivity contribution in [3.63, 3.8) is 0 Å². The van der Waals surface area contributed by atoms with E-state index in [2.05, 4.69) is 22.1 Å². The van der Waals surface area contributed by atoms with E-state index >= 15 is 0 Å². The Balaban J connectivity index is 1.76. The van der Waals surface area contributed by atoms with Crippen LogP contribution >= 0.6 is 11.3 Å². The molecule has 1 saturated heterocycles. The lowest BCUT2D eigenvalue weighted by molar-refractivity contribution is 0.0951. The van der Waals surface area contributed by atoms with Gasteiger partial charge < -0.3 is 10.2 Å². The minimum absolute atomic E-state index is 0.0470. The van der Waals surface area contributed by atoms with Gasteiger partial charge in [-0.2, -0.15) is 0 Å². The number of anilines is 1. The molecule has 0 saturated carbocycles. The highest BCUT2D eigenvalue weighted by Crippen LogP contribution is 2.25. The number of aromatic nitrogens is 1. The number of hydrogen-bond acceptors (Lipinski definition) is 4. The fourth-order valence-electron chi connectivity index (χ4n) is 2.89. The number of amides is 1. The SMILES string of the molecule is CC1CCCCN1c1ncccc1C(=O)NCc1cccs1. The molecule has 4 nitrogen and oxygen atoms in total. The number of carbonyl (C=O) groups excluding carboxylic acids is 1. The standard InChI is InChI=1S/C17H21N3OS/c1-13-6-2-3-10-20(13)16-15(8-4-9-18-16)17(21)19-12-14-7-5-11-22-14/h4-5,7-9,11,13H,2-3,6,10,12H2,1H3,(H,19,21). The fourth-order valence-corrected chi connectivity index (χ4v) is 3.54. The van der Waals surface area contributed by atoms with Crippen LogP contribution < -0.4 is 10.2 Å². The van der Waals surface area contributed by atoms with Gasteiger partial charge in [-0.3, -0.25) is 4.79 Å². The molecular formula is C17H21N3OS. The van der Waals surface area contributed by atoms with E-state index in [0.29, 0.717) is 18.2 Å². The first-order valence-corrected chi connectivity index (χ1v) is 8.66. The lowest BCUT2D eigenvalue weighted by atomic mass is 10.0. The number of nitrogens with zero attached hydrogens (tertiary/aromatic N) is 2. The second kappa shape index (κ2) is 6.92. The Morgan fingerprint density at radius 1 is 1.41 bits per heavy atom. The van der Waals surface area contributed by atoms with Crippen LogP contribution in [0.25, 0.3) is 0 Å². The second-order valence-corrected chi connectivity index (χ2v) is 6.71. The van der Waals surface area contributed by atoms with Gasteiger partial charge in [0.05, 0.1) is 12.1 Å². The van der Waals surface area contributed by atoms with E-state index in [4.69, 9.17) is 0 Å². The van der Waals surface area contributed by atoms with Gasteiger partial charge in [-0.15, -0.1) is 11.3 Å². The molecule has 1 aliphatic heterocycles. The Morgan fingerprint density at radius 3 is 3.09 bits per heavy atom. The third-order valence-corrected chi connectivity index (χ3v) is 4.99. The monoisotopic (exact) mass is 315 g/mol. The van der Waals surface area contributed by atoms with Crippen LogP contribution in [0.15, 0.2) is 35.8 Å². The van der Waals surface area contributed by atoms with E-state index in [9.17, 15) is 4.79 Å². The Bertz CT molecular complexity index is 627. The van der Waals surface area contributed by atoms with Crippen LogP contribution in [0.1, 0.15) is 41.4 Å². The molecule has 1 fully saturated rings. The summed E-state index contributed by atoms with van der Waals surface area (Å²) in [6.45, 7) is 3.75. The summed E-state index contributed by atoms with van der Waals surface area (Å²) in [6, 6.07) is 8.16. The second-order valence-electron chi connectivity index (χ2n) is 5.67. The van der Waals surface area contributed by atoms with E-state index in [-0.39, 0.29) is 5.91 Å². The minimum atomic E-state index is -0.0470. The molecule has 116 valence electrons. The van der Waals surface area contributed by atoms with Crippen LogP contribution in [0.3, 0.4) is 0 Å². The molecule has 3 heterocycles. The molecule has 0 aliphatic carbocycles. The number of hydrogen-bond donors (Lipinski definition) is 1. The maximum Gasteiger partial charge on any atom is 0.255 e. The van der Waals surface area contributed by atoms with Crippen molar-refractivity contribution in [1.29, 1.82) is 0 Å². The van der Waals surface area contributed by atoms with Crippen LogP contribution in [0.5, 0.6) is 0 Å². The van der Waals surface area contributed by atoms with Crippen molar-refractivity contribution in [1.82, 2.24) is 10.3 Å². The van der Waals surface area contributed by atoms with Crippen molar-refractivity contribution in [2.24, 2.45) is 0 Å². The van der Waals surface area contributed by atoms with E-state index in [1.165, 1.54) is 6.42 Å². The van der Waals surface area contributed by atoms with E-state index in [0.717, 1.165) is 30.1 Å². The summed E-state index contributed by atoms with van der Waals surface area (Å²) in [6.07, 6.45) is 5.35. The molecule has 0 spiro atoms. The van der Waals surface area contributed by atoms with Crippen molar-refractivity contribution in [3.8, 4) is 0 Å². The summed E-state index contributed by atoms with van der Waals surface area (Å²) in [5.41, 5.74) is 0.674. The molecule has 3 rings (SSSR count). The highest BCUT2D eigenvalue weighted by atomic mass is 32.1. The molecule has 0 bridgehead atoms. The molecular weight excluding hydrogens is 294 g/mol. The topological polar surface area (TPSA) is 45.2 Å². The molecule has 1 amide bonds. The zero-order chi connectivity index (χ0) is 15.4. The number of rotatable bonds is 4. The van der Waals surface area contributed by atoms with E-state index in [1.54, 1.807) is 17.5 Å². The number of piperidine rings is 1. The van der Waals surface area contributed by atoms with Crippen molar-refractivity contribution >= 4 is 23.1 Å². The van der Waals surface area contributed by atoms with Gasteiger partial charge in [0.25, 0.3) is 5.91 Å². The molecule has 1 aliphatic rings. The zero-order valence-corrected chi connectivity index (χ0v) is 13.6. The molecule has 22 heavy (non-hydrogen) atoms. The van der Waals surface area contributed by atoms with Crippen molar-refractivity contribution in [2.75, 3.05) is 11.4 Å². The number of nitrogens with one attached hydrogen (secondary N) is 1. The highest BCUT2D eigenvalue weighted by Gasteiger charge is 2.24. The molecule has 0 radical (unpaired) electrons. The summed E-state index contributed by atoms with van der Waals surface area (Å²) < 4.78 is 0. The summed E-state index contributed by atoms with van der Waals surface area (Å²) in [5, 5.41) is 5.02. The molecule has 1 unspecified atom stereocenters. The van der Waals surface area contributed by atoms with E-state index < -0.39 is 0 Å². The zero-order valence-electron chi connectivity index (χ0n) is 12.8. The fraction of sp³-hybridized carbons (Fsp3) is 0.412. The van der Waals surface area contributed by atoms with Crippen molar-refractivity contribution < 1.29 is 4.79 Å². The van der Waals surface area contributed by atoms with Crippen LogP contribution in [0.4, 0.5) is 5.82 Å². The van der Waals surface area contributed by atoms with Crippen LogP contribution in [-0.2, 0) is 6.54 Å². The van der Waals surface area contributed by atoms with Crippen LogP contribution in [-0.4, -0.2) is 23.5 Å². The molecule has 2 aromatic rings. The van der Waals surface area contributed by atoms with Gasteiger partial charge in [0.15, 0.2) is 0 Å². The van der Waals surface area contributed by atoms with E-state index in [1.807, 2.05) is 29.6 Å². The normalized spacial score (nSPS) is 18.2. The smallest absolute Gasteiger partial charge is 0.255 e. The highest BCUT2D eigenvalue weighted by molar-refractivity contribution is 7.09. The molecule has 0 aromatic carbocycles. The third kappa shape index (κ3) is 3.30. The van der Waals surface area contributed by atoms with Gasteiger partial charge in [-0.25, -0.2) is 4.98 Å². The van der Waals surface area contributed by atoms with Gasteiger partial charge in [0.2, 0.25) is 0 Å². The first kappa shape index (κ1) is 15.0. The maximum absolute atomic E-state index is 12.5. The van der Waals surface area contributed by atoms with Crippen molar-refractivity contribution in [3.05, 3.63) is 46.3 Å². The van der Waals surface area contributed by atoms with Gasteiger partial charge in [-0.05, 0) is 49.8 Å². The maximum atomic E-state index is 12.5. The Kier molecular flexibility index (Phi) is 4.73. The third-order valence-electron chi connectivity index (χ3n) is 4.11. The summed E-state index contributed by atoms with van der Waals surface area (Å²) in [7, 11) is 0. The summed E-state index contributed by atoms with van der Waals surface area (Å²) in [5.74, 6) is 0.771. The minimum Gasteiger partial charge on any atom is -0.353 e. The molecule has 5 heteroatoms. The lowest BCUT2D eigenvalue weighted by Crippen LogP contribution is -2.39. The molecule has 1 atom stereocenters. The number of carbonyl (C=O) groups is 1. The average Bonchev–Trinajstić information content (AvgIpc) is 3.06. The van der Waals surface area contributed by atoms with Gasteiger partial charge >= 0.3 is 0 Å². The first-order valence-electron chi connectivity index (χ1n) is 7.78. The van der Waals surface area contributed by atoms with Crippen LogP contribution in [0.2, 0.25) is 0 Å². The summed E-state index contributed by atoms with van der Waals surface area (Å²) >= 11 is 1.65. The average molecular weight is 315 g/mol.